The SMILES string of the molecule is CC(C)(C)NS(=O)(=O)c1cc(C(=O)N2CCCC2CCc2ccccc2)ccc1Cl. The zero-order chi connectivity index (χ0) is 21.9. The lowest BCUT2D eigenvalue weighted by Gasteiger charge is -2.25. The van der Waals surface area contributed by atoms with Gasteiger partial charge in [0.1, 0.15) is 4.90 Å². The van der Waals surface area contributed by atoms with Crippen LogP contribution in [0.25, 0.3) is 0 Å². The van der Waals surface area contributed by atoms with Crippen LogP contribution < -0.4 is 4.72 Å². The van der Waals surface area contributed by atoms with Crippen molar-refractivity contribution in [1.82, 2.24) is 9.62 Å². The van der Waals surface area contributed by atoms with Crippen molar-refractivity contribution in [3.8, 4) is 0 Å². The third-order valence-corrected chi connectivity index (χ3v) is 7.39. The molecule has 1 N–H and O–H groups in total. The molecule has 1 amide bonds. The Balaban J connectivity index is 1.79. The molecule has 2 aromatic rings. The lowest BCUT2D eigenvalue weighted by Crippen LogP contribution is -2.40. The minimum absolute atomic E-state index is 0.0648. The molecule has 30 heavy (non-hydrogen) atoms. The fourth-order valence-corrected chi connectivity index (χ4v) is 5.79. The van der Waals surface area contributed by atoms with Crippen LogP contribution in [0, 0.1) is 0 Å². The minimum Gasteiger partial charge on any atom is -0.336 e. The second kappa shape index (κ2) is 9.08. The normalized spacial score (nSPS) is 17.3. The van der Waals surface area contributed by atoms with Crippen LogP contribution >= 0.6 is 11.6 Å². The van der Waals surface area contributed by atoms with Gasteiger partial charge in [-0.3, -0.25) is 4.79 Å². The summed E-state index contributed by atoms with van der Waals surface area (Å²) in [7, 11) is -3.84. The maximum Gasteiger partial charge on any atom is 0.254 e. The van der Waals surface area contributed by atoms with E-state index in [0.717, 1.165) is 25.7 Å². The molecule has 162 valence electrons. The molecule has 1 heterocycles. The number of hydrogen-bond acceptors (Lipinski definition) is 3. The number of benzene rings is 2. The smallest absolute Gasteiger partial charge is 0.254 e. The number of nitrogens with zero attached hydrogens (tertiary/aromatic N) is 1. The molecule has 0 aromatic heterocycles. The number of nitrogens with one attached hydrogen (secondary N) is 1. The van der Waals surface area contributed by atoms with Crippen molar-refractivity contribution in [2.45, 2.75) is 62.9 Å². The van der Waals surface area contributed by atoms with Gasteiger partial charge in [-0.1, -0.05) is 41.9 Å². The fraction of sp³-hybridized carbons (Fsp3) is 0.435. The number of rotatable bonds is 6. The third kappa shape index (κ3) is 5.62. The van der Waals surface area contributed by atoms with Gasteiger partial charge in [0.05, 0.1) is 5.02 Å². The predicted octanol–water partition coefficient (Wildman–Crippen LogP) is 4.65. The van der Waals surface area contributed by atoms with Gasteiger partial charge in [0.15, 0.2) is 0 Å². The lowest BCUT2D eigenvalue weighted by molar-refractivity contribution is 0.0730. The highest BCUT2D eigenvalue weighted by atomic mass is 35.5. The summed E-state index contributed by atoms with van der Waals surface area (Å²) in [6, 6.07) is 14.9. The molecule has 1 aliphatic heterocycles. The molecule has 1 atom stereocenters. The molecule has 5 nitrogen and oxygen atoms in total. The average molecular weight is 449 g/mol. The quantitative estimate of drug-likeness (QED) is 0.699. The Morgan fingerprint density at radius 1 is 1.17 bits per heavy atom. The molecule has 0 radical (unpaired) electrons. The van der Waals surface area contributed by atoms with Crippen molar-refractivity contribution in [2.75, 3.05) is 6.54 Å². The van der Waals surface area contributed by atoms with E-state index < -0.39 is 15.6 Å². The Labute approximate surface area is 184 Å². The second-order valence-electron chi connectivity index (χ2n) is 8.82. The monoisotopic (exact) mass is 448 g/mol. The molecule has 1 fully saturated rings. The molecule has 1 aliphatic rings. The van der Waals surface area contributed by atoms with Crippen molar-refractivity contribution >= 4 is 27.5 Å². The highest BCUT2D eigenvalue weighted by Gasteiger charge is 2.31. The van der Waals surface area contributed by atoms with E-state index in [9.17, 15) is 13.2 Å². The topological polar surface area (TPSA) is 66.5 Å². The fourth-order valence-electron chi connectivity index (χ4n) is 3.85. The number of halogens is 1. The highest BCUT2D eigenvalue weighted by Crippen LogP contribution is 2.28. The molecular weight excluding hydrogens is 420 g/mol. The van der Waals surface area contributed by atoms with Crippen LogP contribution in [0.4, 0.5) is 0 Å². The molecule has 3 rings (SSSR count). The first-order chi connectivity index (χ1) is 14.1. The molecule has 0 saturated carbocycles. The molecule has 7 heteroatoms. The van der Waals surface area contributed by atoms with Gasteiger partial charge in [-0.25, -0.2) is 13.1 Å². The Hall–Kier alpha value is -1.89. The molecule has 0 aliphatic carbocycles. The number of hydrogen-bond donors (Lipinski definition) is 1. The Kier molecular flexibility index (Phi) is 6.90. The van der Waals surface area contributed by atoms with Crippen molar-refractivity contribution in [3.05, 3.63) is 64.7 Å². The Bertz CT molecular complexity index is 1000. The number of amides is 1. The maximum atomic E-state index is 13.2. The van der Waals surface area contributed by atoms with Gasteiger partial charge in [-0.15, -0.1) is 0 Å². The maximum absolute atomic E-state index is 13.2. The summed E-state index contributed by atoms with van der Waals surface area (Å²) in [5, 5.41) is 0.102. The third-order valence-electron chi connectivity index (χ3n) is 5.16. The van der Waals surface area contributed by atoms with E-state index in [2.05, 4.69) is 16.9 Å². The zero-order valence-corrected chi connectivity index (χ0v) is 19.3. The van der Waals surface area contributed by atoms with Crippen LogP contribution in [0.3, 0.4) is 0 Å². The summed E-state index contributed by atoms with van der Waals surface area (Å²) in [6.45, 7) is 5.96. The largest absolute Gasteiger partial charge is 0.336 e. The summed E-state index contributed by atoms with van der Waals surface area (Å²) in [4.78, 5) is 15.0. The number of sulfonamides is 1. The average Bonchev–Trinajstić information content (AvgIpc) is 3.13. The van der Waals surface area contributed by atoms with Gasteiger partial charge in [-0.2, -0.15) is 0 Å². The van der Waals surface area contributed by atoms with Crippen LogP contribution in [-0.2, 0) is 16.4 Å². The van der Waals surface area contributed by atoms with Gasteiger partial charge in [0.25, 0.3) is 5.91 Å². The van der Waals surface area contributed by atoms with Crippen LogP contribution in [0.2, 0.25) is 5.02 Å². The zero-order valence-electron chi connectivity index (χ0n) is 17.7. The van der Waals surface area contributed by atoms with Crippen LogP contribution in [0.5, 0.6) is 0 Å². The Morgan fingerprint density at radius 3 is 2.53 bits per heavy atom. The van der Waals surface area contributed by atoms with E-state index in [1.54, 1.807) is 26.8 Å². The van der Waals surface area contributed by atoms with Crippen LogP contribution in [0.15, 0.2) is 53.4 Å². The van der Waals surface area contributed by atoms with Crippen molar-refractivity contribution in [2.24, 2.45) is 0 Å². The van der Waals surface area contributed by atoms with Crippen molar-refractivity contribution in [1.29, 1.82) is 0 Å². The van der Waals surface area contributed by atoms with E-state index in [1.807, 2.05) is 23.1 Å². The number of aryl methyl sites for hydroxylation is 1. The van der Waals surface area contributed by atoms with E-state index in [4.69, 9.17) is 11.6 Å². The summed E-state index contributed by atoms with van der Waals surface area (Å²) in [5.74, 6) is -0.144. The van der Waals surface area contributed by atoms with Gasteiger partial charge in [0.2, 0.25) is 10.0 Å². The molecule has 0 bridgehead atoms. The van der Waals surface area contributed by atoms with Gasteiger partial charge in [-0.05, 0) is 70.2 Å². The summed E-state index contributed by atoms with van der Waals surface area (Å²) in [5.41, 5.74) is 0.949. The number of carbonyl (C=O) groups is 1. The minimum atomic E-state index is -3.84. The van der Waals surface area contributed by atoms with Crippen molar-refractivity contribution < 1.29 is 13.2 Å². The number of likely N-dealkylation sites (tertiary alicyclic amines) is 1. The Morgan fingerprint density at radius 2 is 1.87 bits per heavy atom. The summed E-state index contributed by atoms with van der Waals surface area (Å²) >= 11 is 6.18. The van der Waals surface area contributed by atoms with Crippen LogP contribution in [-0.4, -0.2) is 37.4 Å². The van der Waals surface area contributed by atoms with E-state index in [1.165, 1.54) is 17.7 Å². The van der Waals surface area contributed by atoms with Crippen molar-refractivity contribution in [3.63, 3.8) is 0 Å². The first kappa shape index (κ1) is 22.8. The molecule has 1 unspecified atom stereocenters. The molecular formula is C23H29ClN2O3S. The molecule has 0 spiro atoms. The van der Waals surface area contributed by atoms with E-state index in [0.29, 0.717) is 12.1 Å². The van der Waals surface area contributed by atoms with Crippen LogP contribution in [0.1, 0.15) is 56.0 Å². The molecule has 1 saturated heterocycles. The summed E-state index contributed by atoms with van der Waals surface area (Å²) < 4.78 is 28.1. The number of carbonyl (C=O) groups excluding carboxylic acids is 1. The van der Waals surface area contributed by atoms with Gasteiger partial charge >= 0.3 is 0 Å². The predicted molar refractivity (Wildman–Crippen MR) is 120 cm³/mol. The lowest BCUT2D eigenvalue weighted by atomic mass is 10.0. The second-order valence-corrected chi connectivity index (χ2v) is 10.9. The highest BCUT2D eigenvalue weighted by molar-refractivity contribution is 7.89. The van der Waals surface area contributed by atoms with Gasteiger partial charge < -0.3 is 4.90 Å². The van der Waals surface area contributed by atoms with E-state index in [-0.39, 0.29) is 21.9 Å². The summed E-state index contributed by atoms with van der Waals surface area (Å²) in [6.07, 6.45) is 3.71. The van der Waals surface area contributed by atoms with E-state index >= 15 is 0 Å². The van der Waals surface area contributed by atoms with Gasteiger partial charge in [0, 0.05) is 23.7 Å². The first-order valence-electron chi connectivity index (χ1n) is 10.3. The standard InChI is InChI=1S/C23H29ClN2O3S/c1-23(2,3)25-30(28,29)21-16-18(12-14-20(21)24)22(27)26-15-7-10-19(26)13-11-17-8-5-4-6-9-17/h4-6,8-9,12,14,16,19,25H,7,10-11,13,15H2,1-3H3. The first-order valence-corrected chi connectivity index (χ1v) is 12.1. The molecule has 2 aromatic carbocycles.